The van der Waals surface area contributed by atoms with Gasteiger partial charge in [-0.05, 0) is 50.1 Å². The second-order valence-electron chi connectivity index (χ2n) is 6.63. The summed E-state index contributed by atoms with van der Waals surface area (Å²) < 4.78 is 14.9. The van der Waals surface area contributed by atoms with Crippen LogP contribution in [-0.2, 0) is 0 Å². The summed E-state index contributed by atoms with van der Waals surface area (Å²) in [5.74, 6) is -0.425. The summed E-state index contributed by atoms with van der Waals surface area (Å²) in [6.07, 6.45) is 1.67. The van der Waals surface area contributed by atoms with Crippen LogP contribution in [0.4, 0.5) is 10.1 Å². The van der Waals surface area contributed by atoms with Crippen molar-refractivity contribution >= 4 is 22.6 Å². The number of carbonyl (C=O) groups excluding carboxylic acids is 1. The van der Waals surface area contributed by atoms with Crippen LogP contribution in [-0.4, -0.2) is 20.7 Å². The maximum atomic E-state index is 13.0. The lowest BCUT2D eigenvalue weighted by atomic mass is 10.0. The summed E-state index contributed by atoms with van der Waals surface area (Å²) in [7, 11) is 0. The summed E-state index contributed by atoms with van der Waals surface area (Å²) in [4.78, 5) is 17.5. The summed E-state index contributed by atoms with van der Waals surface area (Å²) >= 11 is 0. The highest BCUT2D eigenvalue weighted by Crippen LogP contribution is 2.25. The zero-order valence-electron chi connectivity index (χ0n) is 14.7. The first-order valence-electron chi connectivity index (χ1n) is 8.32. The van der Waals surface area contributed by atoms with Crippen molar-refractivity contribution in [3.05, 3.63) is 53.6 Å². The zero-order chi connectivity index (χ0) is 18.1. The van der Waals surface area contributed by atoms with E-state index in [2.05, 4.69) is 15.4 Å². The van der Waals surface area contributed by atoms with Crippen LogP contribution in [0, 0.1) is 5.82 Å². The SMILES string of the molecule is CC(C)c1cc(C(=O)Nc2ccc(F)cc2)c2cnn(C(C)C)c2n1. The molecular formula is C19H21FN4O. The number of nitrogens with one attached hydrogen (secondary N) is 1. The third kappa shape index (κ3) is 3.38. The quantitative estimate of drug-likeness (QED) is 0.759. The standard InChI is InChI=1S/C19H21FN4O/c1-11(2)17-9-15(16-10-21-24(12(3)4)18(16)23-17)19(25)22-14-7-5-13(20)6-8-14/h5-12H,1-4H3,(H,22,25). The molecule has 1 aromatic carbocycles. The van der Waals surface area contributed by atoms with Gasteiger partial charge in [0.25, 0.3) is 5.91 Å². The number of anilines is 1. The number of fused-ring (bicyclic) bond motifs is 1. The molecule has 0 fully saturated rings. The number of pyridine rings is 1. The van der Waals surface area contributed by atoms with E-state index in [0.29, 0.717) is 22.3 Å². The van der Waals surface area contributed by atoms with E-state index in [-0.39, 0.29) is 23.7 Å². The van der Waals surface area contributed by atoms with Gasteiger partial charge in [0, 0.05) is 17.4 Å². The highest BCUT2D eigenvalue weighted by atomic mass is 19.1. The van der Waals surface area contributed by atoms with E-state index in [0.717, 1.165) is 5.69 Å². The average Bonchev–Trinajstić information content (AvgIpc) is 3.00. The molecule has 1 amide bonds. The van der Waals surface area contributed by atoms with Gasteiger partial charge in [-0.25, -0.2) is 14.1 Å². The predicted octanol–water partition coefficient (Wildman–Crippen LogP) is 4.53. The largest absolute Gasteiger partial charge is 0.322 e. The first-order chi connectivity index (χ1) is 11.9. The van der Waals surface area contributed by atoms with Crippen molar-refractivity contribution in [2.24, 2.45) is 0 Å². The Balaban J connectivity index is 2.07. The maximum absolute atomic E-state index is 13.0. The molecule has 2 aromatic heterocycles. The fourth-order valence-electron chi connectivity index (χ4n) is 2.63. The third-order valence-electron chi connectivity index (χ3n) is 4.01. The van der Waals surface area contributed by atoms with Gasteiger partial charge in [-0.3, -0.25) is 4.79 Å². The Bertz CT molecular complexity index is 913. The van der Waals surface area contributed by atoms with Crippen LogP contribution in [0.1, 0.15) is 55.7 Å². The number of hydrogen-bond donors (Lipinski definition) is 1. The van der Waals surface area contributed by atoms with Crippen LogP contribution < -0.4 is 5.32 Å². The highest BCUT2D eigenvalue weighted by molar-refractivity contribution is 6.12. The van der Waals surface area contributed by atoms with Gasteiger partial charge < -0.3 is 5.32 Å². The number of halogens is 1. The minimum absolute atomic E-state index is 0.139. The van der Waals surface area contributed by atoms with Crippen molar-refractivity contribution in [1.82, 2.24) is 14.8 Å². The molecule has 0 aliphatic rings. The first kappa shape index (κ1) is 17.1. The van der Waals surface area contributed by atoms with E-state index in [1.165, 1.54) is 24.3 Å². The average molecular weight is 340 g/mol. The Labute approximate surface area is 145 Å². The molecule has 0 radical (unpaired) electrons. The van der Waals surface area contributed by atoms with Crippen LogP contribution >= 0.6 is 0 Å². The van der Waals surface area contributed by atoms with Gasteiger partial charge in [-0.2, -0.15) is 5.10 Å². The Kier molecular flexibility index (Phi) is 4.53. The lowest BCUT2D eigenvalue weighted by molar-refractivity contribution is 0.102. The Morgan fingerprint density at radius 3 is 2.44 bits per heavy atom. The summed E-state index contributed by atoms with van der Waals surface area (Å²) in [6.45, 7) is 8.11. The molecule has 0 atom stereocenters. The number of benzene rings is 1. The summed E-state index contributed by atoms with van der Waals surface area (Å²) in [5.41, 5.74) is 2.59. The van der Waals surface area contributed by atoms with Gasteiger partial charge in [0.05, 0.1) is 17.1 Å². The van der Waals surface area contributed by atoms with E-state index in [1.54, 1.807) is 12.3 Å². The van der Waals surface area contributed by atoms with Crippen molar-refractivity contribution < 1.29 is 9.18 Å². The van der Waals surface area contributed by atoms with Gasteiger partial charge in [0.2, 0.25) is 0 Å². The molecule has 3 aromatic rings. The molecule has 6 heteroatoms. The van der Waals surface area contributed by atoms with Crippen LogP contribution in [0.2, 0.25) is 0 Å². The normalized spacial score (nSPS) is 11.5. The van der Waals surface area contributed by atoms with Crippen LogP contribution in [0.25, 0.3) is 11.0 Å². The van der Waals surface area contributed by atoms with Crippen molar-refractivity contribution in [3.63, 3.8) is 0 Å². The van der Waals surface area contributed by atoms with E-state index in [4.69, 9.17) is 0 Å². The van der Waals surface area contributed by atoms with E-state index in [1.807, 2.05) is 32.4 Å². The minimum atomic E-state index is -0.343. The molecule has 0 unspecified atom stereocenters. The molecule has 3 rings (SSSR count). The fourth-order valence-corrected chi connectivity index (χ4v) is 2.63. The van der Waals surface area contributed by atoms with Crippen LogP contribution in [0.15, 0.2) is 36.5 Å². The minimum Gasteiger partial charge on any atom is -0.322 e. The molecule has 25 heavy (non-hydrogen) atoms. The molecule has 0 aliphatic heterocycles. The van der Waals surface area contributed by atoms with Gasteiger partial charge in [-0.15, -0.1) is 0 Å². The number of hydrogen-bond acceptors (Lipinski definition) is 3. The molecule has 0 saturated heterocycles. The first-order valence-corrected chi connectivity index (χ1v) is 8.32. The number of rotatable bonds is 4. The van der Waals surface area contributed by atoms with E-state index in [9.17, 15) is 9.18 Å². The molecule has 0 saturated carbocycles. The van der Waals surface area contributed by atoms with Crippen LogP contribution in [0.5, 0.6) is 0 Å². The van der Waals surface area contributed by atoms with Gasteiger partial charge in [0.15, 0.2) is 5.65 Å². The highest BCUT2D eigenvalue weighted by Gasteiger charge is 2.19. The second kappa shape index (κ2) is 6.63. The molecular weight excluding hydrogens is 319 g/mol. The molecule has 0 aliphatic carbocycles. The Morgan fingerprint density at radius 2 is 1.84 bits per heavy atom. The number of aromatic nitrogens is 3. The molecule has 130 valence electrons. The Morgan fingerprint density at radius 1 is 1.16 bits per heavy atom. The molecule has 1 N–H and O–H groups in total. The number of nitrogens with zero attached hydrogens (tertiary/aromatic N) is 3. The van der Waals surface area contributed by atoms with E-state index < -0.39 is 0 Å². The lowest BCUT2D eigenvalue weighted by Gasteiger charge is -2.12. The topological polar surface area (TPSA) is 59.8 Å². The lowest BCUT2D eigenvalue weighted by Crippen LogP contribution is -2.14. The van der Waals surface area contributed by atoms with Crippen LogP contribution in [0.3, 0.4) is 0 Å². The third-order valence-corrected chi connectivity index (χ3v) is 4.01. The monoisotopic (exact) mass is 340 g/mol. The van der Waals surface area contributed by atoms with Gasteiger partial charge >= 0.3 is 0 Å². The second-order valence-corrected chi connectivity index (χ2v) is 6.63. The van der Waals surface area contributed by atoms with Gasteiger partial charge in [0.1, 0.15) is 5.82 Å². The van der Waals surface area contributed by atoms with Crippen molar-refractivity contribution in [3.8, 4) is 0 Å². The molecule has 2 heterocycles. The van der Waals surface area contributed by atoms with E-state index >= 15 is 0 Å². The van der Waals surface area contributed by atoms with Gasteiger partial charge in [-0.1, -0.05) is 13.8 Å². The van der Waals surface area contributed by atoms with Crippen molar-refractivity contribution in [1.29, 1.82) is 0 Å². The maximum Gasteiger partial charge on any atom is 0.256 e. The molecule has 0 bridgehead atoms. The fraction of sp³-hybridized carbons (Fsp3) is 0.316. The van der Waals surface area contributed by atoms with Crippen molar-refractivity contribution in [2.45, 2.75) is 39.7 Å². The summed E-state index contributed by atoms with van der Waals surface area (Å²) in [5, 5.41) is 7.90. The van der Waals surface area contributed by atoms with Crippen molar-refractivity contribution in [2.75, 3.05) is 5.32 Å². The number of carbonyl (C=O) groups is 1. The smallest absolute Gasteiger partial charge is 0.256 e. The summed E-state index contributed by atoms with van der Waals surface area (Å²) in [6, 6.07) is 7.64. The molecule has 0 spiro atoms. The zero-order valence-corrected chi connectivity index (χ0v) is 14.7. The Hall–Kier alpha value is -2.76. The predicted molar refractivity (Wildman–Crippen MR) is 96.4 cm³/mol. The molecule has 5 nitrogen and oxygen atoms in total. The number of amides is 1.